The normalized spacial score (nSPS) is 12.4. The van der Waals surface area contributed by atoms with Crippen molar-refractivity contribution in [3.8, 4) is 0 Å². The van der Waals surface area contributed by atoms with Crippen LogP contribution in [0.1, 0.15) is 31.5 Å². The van der Waals surface area contributed by atoms with E-state index in [0.717, 1.165) is 6.42 Å². The van der Waals surface area contributed by atoms with Gasteiger partial charge in [0.15, 0.2) is 0 Å². The van der Waals surface area contributed by atoms with E-state index in [-0.39, 0.29) is 5.56 Å². The second-order valence-corrected chi connectivity index (χ2v) is 3.52. The lowest BCUT2D eigenvalue weighted by atomic mass is 10.1. The van der Waals surface area contributed by atoms with Gasteiger partial charge in [0.2, 0.25) is 0 Å². The van der Waals surface area contributed by atoms with Crippen LogP contribution in [0.15, 0.2) is 23.0 Å². The van der Waals surface area contributed by atoms with Crippen molar-refractivity contribution in [3.63, 3.8) is 0 Å². The van der Waals surface area contributed by atoms with Gasteiger partial charge in [0, 0.05) is 11.8 Å². The lowest BCUT2D eigenvalue weighted by Crippen LogP contribution is -2.30. The van der Waals surface area contributed by atoms with Crippen LogP contribution in [-0.4, -0.2) is 15.6 Å². The SMILES string of the molecule is CCCC(C(=O)O)n1c(C)cccc1=O. The summed E-state index contributed by atoms with van der Waals surface area (Å²) in [4.78, 5) is 22.6. The lowest BCUT2D eigenvalue weighted by Gasteiger charge is -2.17. The molecule has 4 heteroatoms. The first-order valence-corrected chi connectivity index (χ1v) is 4.99. The van der Waals surface area contributed by atoms with Gasteiger partial charge < -0.3 is 5.11 Å². The van der Waals surface area contributed by atoms with Crippen LogP contribution in [0.2, 0.25) is 0 Å². The van der Waals surface area contributed by atoms with Gasteiger partial charge in [-0.25, -0.2) is 4.79 Å². The Morgan fingerprint density at radius 1 is 1.53 bits per heavy atom. The monoisotopic (exact) mass is 209 g/mol. The molecule has 0 saturated heterocycles. The molecule has 1 aromatic rings. The zero-order valence-electron chi connectivity index (χ0n) is 8.93. The van der Waals surface area contributed by atoms with E-state index in [2.05, 4.69) is 0 Å². The molecular weight excluding hydrogens is 194 g/mol. The maximum atomic E-state index is 11.6. The predicted octanol–water partition coefficient (Wildman–Crippen LogP) is 1.58. The topological polar surface area (TPSA) is 59.3 Å². The molecule has 1 rings (SSSR count). The first-order chi connectivity index (χ1) is 7.07. The molecule has 0 fully saturated rings. The number of aryl methyl sites for hydroxylation is 1. The van der Waals surface area contributed by atoms with E-state index in [1.165, 1.54) is 10.6 Å². The van der Waals surface area contributed by atoms with Crippen LogP contribution in [0.3, 0.4) is 0 Å². The highest BCUT2D eigenvalue weighted by Crippen LogP contribution is 2.13. The summed E-state index contributed by atoms with van der Waals surface area (Å²) in [6.45, 7) is 3.65. The summed E-state index contributed by atoms with van der Waals surface area (Å²) < 4.78 is 1.34. The number of carbonyl (C=O) groups is 1. The van der Waals surface area contributed by atoms with Crippen molar-refractivity contribution in [1.29, 1.82) is 0 Å². The first-order valence-electron chi connectivity index (χ1n) is 4.99. The summed E-state index contributed by atoms with van der Waals surface area (Å²) in [7, 11) is 0. The Hall–Kier alpha value is -1.58. The largest absolute Gasteiger partial charge is 0.480 e. The Labute approximate surface area is 88.2 Å². The summed E-state index contributed by atoms with van der Waals surface area (Å²) in [5, 5.41) is 9.05. The molecule has 0 spiro atoms. The minimum absolute atomic E-state index is 0.254. The fourth-order valence-corrected chi connectivity index (χ4v) is 1.64. The molecule has 0 aliphatic heterocycles. The Morgan fingerprint density at radius 3 is 2.67 bits per heavy atom. The molecule has 1 N–H and O–H groups in total. The summed E-state index contributed by atoms with van der Waals surface area (Å²) in [5.41, 5.74) is 0.430. The fraction of sp³-hybridized carbons (Fsp3) is 0.455. The van der Waals surface area contributed by atoms with Crippen molar-refractivity contribution < 1.29 is 9.90 Å². The molecule has 1 heterocycles. The van der Waals surface area contributed by atoms with Crippen LogP contribution in [-0.2, 0) is 4.79 Å². The van der Waals surface area contributed by atoms with Crippen molar-refractivity contribution in [2.45, 2.75) is 32.7 Å². The molecule has 0 saturated carbocycles. The third kappa shape index (κ3) is 2.46. The maximum Gasteiger partial charge on any atom is 0.326 e. The van der Waals surface area contributed by atoms with Crippen LogP contribution in [0.4, 0.5) is 0 Å². The standard InChI is InChI=1S/C11H15NO3/c1-3-5-9(11(14)15)12-8(2)6-4-7-10(12)13/h4,6-7,9H,3,5H2,1-2H3,(H,14,15). The number of carboxylic acid groups (broad SMARTS) is 1. The van der Waals surface area contributed by atoms with Gasteiger partial charge in [0.25, 0.3) is 5.56 Å². The minimum atomic E-state index is -0.951. The highest BCUT2D eigenvalue weighted by atomic mass is 16.4. The third-order valence-electron chi connectivity index (χ3n) is 2.35. The Balaban J connectivity index is 3.22. The maximum absolute atomic E-state index is 11.6. The zero-order valence-corrected chi connectivity index (χ0v) is 8.93. The molecule has 1 unspecified atom stereocenters. The van der Waals surface area contributed by atoms with Gasteiger partial charge in [-0.2, -0.15) is 0 Å². The van der Waals surface area contributed by atoms with E-state index in [4.69, 9.17) is 5.11 Å². The highest BCUT2D eigenvalue weighted by Gasteiger charge is 2.20. The Kier molecular flexibility index (Phi) is 3.66. The third-order valence-corrected chi connectivity index (χ3v) is 2.35. The molecule has 0 aromatic carbocycles. The van der Waals surface area contributed by atoms with Crippen LogP contribution in [0, 0.1) is 6.92 Å². The minimum Gasteiger partial charge on any atom is -0.480 e. The molecule has 15 heavy (non-hydrogen) atoms. The van der Waals surface area contributed by atoms with Crippen molar-refractivity contribution in [2.24, 2.45) is 0 Å². The average molecular weight is 209 g/mol. The first kappa shape index (κ1) is 11.5. The van der Waals surface area contributed by atoms with E-state index >= 15 is 0 Å². The van der Waals surface area contributed by atoms with E-state index in [0.29, 0.717) is 12.1 Å². The average Bonchev–Trinajstić information content (AvgIpc) is 2.15. The Bertz CT molecular complexity index is 409. The number of rotatable bonds is 4. The van der Waals surface area contributed by atoms with Crippen molar-refractivity contribution >= 4 is 5.97 Å². The molecule has 4 nitrogen and oxygen atoms in total. The van der Waals surface area contributed by atoms with Crippen LogP contribution in [0.25, 0.3) is 0 Å². The summed E-state index contributed by atoms with van der Waals surface area (Å²) in [6.07, 6.45) is 1.21. The van der Waals surface area contributed by atoms with Crippen LogP contribution >= 0.6 is 0 Å². The summed E-state index contributed by atoms with van der Waals surface area (Å²) >= 11 is 0. The van der Waals surface area contributed by atoms with Gasteiger partial charge >= 0.3 is 5.97 Å². The van der Waals surface area contributed by atoms with Crippen molar-refractivity contribution in [2.75, 3.05) is 0 Å². The fourth-order valence-electron chi connectivity index (χ4n) is 1.64. The summed E-state index contributed by atoms with van der Waals surface area (Å²) in [5.74, 6) is -0.951. The van der Waals surface area contributed by atoms with Gasteiger partial charge in [-0.05, 0) is 19.4 Å². The molecule has 0 bridgehead atoms. The predicted molar refractivity (Wildman–Crippen MR) is 57.0 cm³/mol. The second-order valence-electron chi connectivity index (χ2n) is 3.52. The summed E-state index contributed by atoms with van der Waals surface area (Å²) in [6, 6.07) is 4.02. The van der Waals surface area contributed by atoms with E-state index < -0.39 is 12.0 Å². The van der Waals surface area contributed by atoms with Gasteiger partial charge in [0.05, 0.1) is 0 Å². The quantitative estimate of drug-likeness (QED) is 0.819. The van der Waals surface area contributed by atoms with E-state index in [1.54, 1.807) is 19.1 Å². The van der Waals surface area contributed by atoms with E-state index in [1.807, 2.05) is 6.92 Å². The zero-order chi connectivity index (χ0) is 11.4. The number of hydrogen-bond donors (Lipinski definition) is 1. The second kappa shape index (κ2) is 4.77. The smallest absolute Gasteiger partial charge is 0.326 e. The lowest BCUT2D eigenvalue weighted by molar-refractivity contribution is -0.141. The van der Waals surface area contributed by atoms with Crippen LogP contribution < -0.4 is 5.56 Å². The van der Waals surface area contributed by atoms with Crippen LogP contribution in [0.5, 0.6) is 0 Å². The molecule has 0 amide bonds. The number of aromatic nitrogens is 1. The number of nitrogens with zero attached hydrogens (tertiary/aromatic N) is 1. The van der Waals surface area contributed by atoms with Gasteiger partial charge in [0.1, 0.15) is 6.04 Å². The van der Waals surface area contributed by atoms with Crippen molar-refractivity contribution in [1.82, 2.24) is 4.57 Å². The number of hydrogen-bond acceptors (Lipinski definition) is 2. The van der Waals surface area contributed by atoms with Gasteiger partial charge in [-0.1, -0.05) is 19.4 Å². The number of aliphatic carboxylic acids is 1. The van der Waals surface area contributed by atoms with Crippen molar-refractivity contribution in [3.05, 3.63) is 34.2 Å². The molecule has 0 aliphatic carbocycles. The van der Waals surface area contributed by atoms with Gasteiger partial charge in [-0.3, -0.25) is 9.36 Å². The molecule has 1 aromatic heterocycles. The Morgan fingerprint density at radius 2 is 2.20 bits per heavy atom. The van der Waals surface area contributed by atoms with E-state index in [9.17, 15) is 9.59 Å². The molecule has 0 aliphatic rings. The van der Waals surface area contributed by atoms with Gasteiger partial charge in [-0.15, -0.1) is 0 Å². The molecule has 1 atom stereocenters. The number of pyridine rings is 1. The highest BCUT2D eigenvalue weighted by molar-refractivity contribution is 5.71. The molecular formula is C11H15NO3. The molecule has 0 radical (unpaired) electrons. The molecule has 82 valence electrons. The number of carboxylic acids is 1.